The van der Waals surface area contributed by atoms with E-state index in [0.29, 0.717) is 0 Å². The molecule has 0 amide bonds. The summed E-state index contributed by atoms with van der Waals surface area (Å²) in [6.07, 6.45) is 0. The largest absolute Gasteiger partial charge is 2.00 e. The van der Waals surface area contributed by atoms with Crippen LogP contribution in [0.2, 0.25) is 0 Å². The first-order valence-corrected chi connectivity index (χ1v) is 2.72. The van der Waals surface area contributed by atoms with E-state index in [1.165, 1.54) is 0 Å². The molecule has 0 aromatic carbocycles. The van der Waals surface area contributed by atoms with Crippen LogP contribution in [0.15, 0.2) is 0 Å². The summed E-state index contributed by atoms with van der Waals surface area (Å²) in [5.74, 6) is -3.25. The molecule has 0 N–H and O–H groups in total. The molecule has 14 heavy (non-hydrogen) atoms. The van der Waals surface area contributed by atoms with Crippen molar-refractivity contribution in [1.29, 1.82) is 0 Å². The van der Waals surface area contributed by atoms with E-state index in [-0.39, 0.29) is 70.9 Å². The Morgan fingerprint density at radius 1 is 0.714 bits per heavy atom. The predicted octanol–water partition coefficient (Wildman–Crippen LogP) is -6.73. The van der Waals surface area contributed by atoms with Gasteiger partial charge in [0.15, 0.2) is 0 Å². The third-order valence-corrected chi connectivity index (χ3v) is 0. The molecule has 0 aromatic rings. The van der Waals surface area contributed by atoms with Crippen molar-refractivity contribution >= 4 is 17.9 Å². The second-order valence-electron chi connectivity index (χ2n) is 1.47. The van der Waals surface area contributed by atoms with E-state index in [2.05, 4.69) is 0 Å². The van der Waals surface area contributed by atoms with E-state index in [4.69, 9.17) is 29.7 Å². The summed E-state index contributed by atoms with van der Waals surface area (Å²) in [6.45, 7) is 2.92. The first kappa shape index (κ1) is 29.3. The summed E-state index contributed by atoms with van der Waals surface area (Å²) in [5, 5.41) is 26.7. The SMILES string of the molecule is CC(=O)[O-].CC(=O)[O-].CC(=O)[O-].[K+].[Zn+2]. The first-order chi connectivity index (χ1) is 5.20. The third kappa shape index (κ3) is 3850. The average Bonchev–Trinajstić information content (AvgIpc) is 1.54. The minimum absolute atomic E-state index is 0. The fraction of sp³-hybridized carbons (Fsp3) is 0.500. The van der Waals surface area contributed by atoms with Crippen LogP contribution in [0.25, 0.3) is 0 Å². The van der Waals surface area contributed by atoms with Gasteiger partial charge in [0.25, 0.3) is 0 Å². The van der Waals surface area contributed by atoms with Gasteiger partial charge >= 0.3 is 70.9 Å². The van der Waals surface area contributed by atoms with Crippen molar-refractivity contribution in [2.24, 2.45) is 0 Å². The smallest absolute Gasteiger partial charge is 0.550 e. The summed E-state index contributed by atoms with van der Waals surface area (Å²) >= 11 is 0. The quantitative estimate of drug-likeness (QED) is 0.407. The standard InChI is InChI=1S/3C2H4O2.K.Zn/c3*1-2(3)4;;/h3*1H3,(H,3,4);;/q;;;+1;+2/p-3. The Hall–Kier alpha value is 0.670. The maximum absolute atomic E-state index is 8.89. The molecule has 0 rings (SSSR count). The van der Waals surface area contributed by atoms with Gasteiger partial charge in [-0.2, -0.15) is 0 Å². The number of rotatable bonds is 0. The molecule has 0 aliphatic carbocycles. The van der Waals surface area contributed by atoms with Crippen LogP contribution < -0.4 is 66.7 Å². The molecule has 0 atom stereocenters. The van der Waals surface area contributed by atoms with Gasteiger partial charge in [0.2, 0.25) is 0 Å². The zero-order chi connectivity index (χ0) is 10.7. The van der Waals surface area contributed by atoms with Gasteiger partial charge in [-0.1, -0.05) is 0 Å². The zero-order valence-electron chi connectivity index (χ0n) is 8.66. The van der Waals surface area contributed by atoms with Gasteiger partial charge in [0.1, 0.15) is 0 Å². The van der Waals surface area contributed by atoms with Gasteiger partial charge in [0.05, 0.1) is 0 Å². The van der Waals surface area contributed by atoms with Gasteiger partial charge in [0, 0.05) is 17.9 Å². The molecule has 8 heteroatoms. The van der Waals surface area contributed by atoms with Crippen molar-refractivity contribution in [3.63, 3.8) is 0 Å². The predicted molar refractivity (Wildman–Crippen MR) is 32.0 cm³/mol. The Labute approximate surface area is 137 Å². The molecule has 0 bridgehead atoms. The van der Waals surface area contributed by atoms with Crippen LogP contribution in [0.1, 0.15) is 20.8 Å². The Bertz CT molecular complexity index is 120. The summed E-state index contributed by atoms with van der Waals surface area (Å²) in [7, 11) is 0. The molecule has 0 aromatic heterocycles. The topological polar surface area (TPSA) is 120 Å². The first-order valence-electron chi connectivity index (χ1n) is 2.72. The fourth-order valence-electron chi connectivity index (χ4n) is 0. The fourth-order valence-corrected chi connectivity index (χ4v) is 0. The molecule has 0 radical (unpaired) electrons. The third-order valence-electron chi connectivity index (χ3n) is 0. The van der Waals surface area contributed by atoms with Crippen LogP contribution in [0.5, 0.6) is 0 Å². The van der Waals surface area contributed by atoms with E-state index in [9.17, 15) is 0 Å². The van der Waals surface area contributed by atoms with Crippen molar-refractivity contribution in [3.05, 3.63) is 0 Å². The Morgan fingerprint density at radius 3 is 0.714 bits per heavy atom. The van der Waals surface area contributed by atoms with Crippen LogP contribution in [-0.2, 0) is 33.9 Å². The molecule has 0 aliphatic rings. The van der Waals surface area contributed by atoms with E-state index in [1.807, 2.05) is 0 Å². The second-order valence-corrected chi connectivity index (χ2v) is 1.47. The van der Waals surface area contributed by atoms with Crippen LogP contribution >= 0.6 is 0 Å². The minimum atomic E-state index is -1.08. The number of aliphatic carboxylic acids is 3. The van der Waals surface area contributed by atoms with E-state index < -0.39 is 17.9 Å². The maximum atomic E-state index is 8.89. The van der Waals surface area contributed by atoms with Gasteiger partial charge in [-0.05, 0) is 20.8 Å². The summed E-state index contributed by atoms with van der Waals surface area (Å²) in [6, 6.07) is 0. The van der Waals surface area contributed by atoms with Crippen molar-refractivity contribution in [2.75, 3.05) is 0 Å². The Balaban J connectivity index is -0.0000000270. The number of carboxylic acid groups (broad SMARTS) is 3. The molecule has 0 fully saturated rings. The second kappa shape index (κ2) is 23.5. The van der Waals surface area contributed by atoms with Crippen LogP contribution in [0, 0.1) is 0 Å². The molecular weight excluding hydrogens is 273 g/mol. The van der Waals surface area contributed by atoms with E-state index >= 15 is 0 Å². The molecule has 0 heterocycles. The van der Waals surface area contributed by atoms with Crippen LogP contribution in [0.3, 0.4) is 0 Å². The average molecular weight is 282 g/mol. The monoisotopic (exact) mass is 280 g/mol. The molecule has 6 nitrogen and oxygen atoms in total. The molecule has 0 saturated carbocycles. The van der Waals surface area contributed by atoms with Crippen LogP contribution in [0.4, 0.5) is 0 Å². The van der Waals surface area contributed by atoms with Gasteiger partial charge in [-0.15, -0.1) is 0 Å². The van der Waals surface area contributed by atoms with Crippen molar-refractivity contribution < 1.29 is 101 Å². The number of hydrogen-bond acceptors (Lipinski definition) is 6. The van der Waals surface area contributed by atoms with Crippen molar-refractivity contribution in [1.82, 2.24) is 0 Å². The molecule has 72 valence electrons. The molecule has 0 aliphatic heterocycles. The molecular formula is C6H9KO6Zn. The van der Waals surface area contributed by atoms with Gasteiger partial charge < -0.3 is 29.7 Å². The molecule has 0 unspecified atom stereocenters. The molecule has 0 saturated heterocycles. The van der Waals surface area contributed by atoms with Gasteiger partial charge in [-0.3, -0.25) is 0 Å². The number of hydrogen-bond donors (Lipinski definition) is 0. The summed E-state index contributed by atoms with van der Waals surface area (Å²) in [5.41, 5.74) is 0. The van der Waals surface area contributed by atoms with E-state index in [1.54, 1.807) is 0 Å². The molecule has 0 spiro atoms. The van der Waals surface area contributed by atoms with E-state index in [0.717, 1.165) is 20.8 Å². The number of carboxylic acids is 3. The van der Waals surface area contributed by atoms with Crippen LogP contribution in [-0.4, -0.2) is 17.9 Å². The Morgan fingerprint density at radius 2 is 0.714 bits per heavy atom. The van der Waals surface area contributed by atoms with Crippen molar-refractivity contribution in [2.45, 2.75) is 20.8 Å². The minimum Gasteiger partial charge on any atom is -0.550 e. The number of carbonyl (C=O) groups is 3. The van der Waals surface area contributed by atoms with Crippen molar-refractivity contribution in [3.8, 4) is 0 Å². The summed E-state index contributed by atoms with van der Waals surface area (Å²) in [4.78, 5) is 26.7. The normalized spacial score (nSPS) is 5.36. The maximum Gasteiger partial charge on any atom is 2.00 e. The number of carbonyl (C=O) groups excluding carboxylic acids is 3. The van der Waals surface area contributed by atoms with Gasteiger partial charge in [-0.25, -0.2) is 0 Å². The Kier molecular flexibility index (Phi) is 49.1. The zero-order valence-corrected chi connectivity index (χ0v) is 14.7. The summed E-state index contributed by atoms with van der Waals surface area (Å²) < 4.78 is 0.